The first-order valence-corrected chi connectivity index (χ1v) is 7.01. The van der Waals surface area contributed by atoms with Gasteiger partial charge in [-0.3, -0.25) is 0 Å². The summed E-state index contributed by atoms with van der Waals surface area (Å²) in [5.41, 5.74) is 5.46. The second-order valence-corrected chi connectivity index (χ2v) is 5.82. The molecule has 0 bridgehead atoms. The molecule has 0 radical (unpaired) electrons. The van der Waals surface area contributed by atoms with Crippen molar-refractivity contribution in [3.63, 3.8) is 0 Å². The van der Waals surface area contributed by atoms with Crippen LogP contribution in [-0.4, -0.2) is 18.6 Å². The monoisotopic (exact) mass is 274 g/mol. The van der Waals surface area contributed by atoms with E-state index in [-0.39, 0.29) is 23.8 Å². The van der Waals surface area contributed by atoms with Crippen LogP contribution in [0.5, 0.6) is 0 Å². The Bertz CT molecular complexity index is 576. The van der Waals surface area contributed by atoms with E-state index in [1.807, 2.05) is 0 Å². The van der Waals surface area contributed by atoms with E-state index in [1.54, 1.807) is 5.38 Å². The van der Waals surface area contributed by atoms with Crippen molar-refractivity contribution in [2.24, 2.45) is 5.73 Å². The molecule has 0 amide bonds. The van der Waals surface area contributed by atoms with Crippen molar-refractivity contribution in [1.29, 1.82) is 0 Å². The number of hydrogen-bond donors (Lipinski definition) is 2. The van der Waals surface area contributed by atoms with Gasteiger partial charge < -0.3 is 10.3 Å². The topological polar surface area (TPSA) is 111 Å². The molecule has 0 unspecified atom stereocenters. The third-order valence-corrected chi connectivity index (χ3v) is 4.57. The largest absolute Gasteiger partial charge is 0.343 e. The molecule has 0 fully saturated rings. The van der Waals surface area contributed by atoms with Gasteiger partial charge in [0.25, 0.3) is 0 Å². The van der Waals surface area contributed by atoms with E-state index in [9.17, 15) is 8.42 Å². The molecule has 3 N–H and O–H groups in total. The smallest absolute Gasteiger partial charge is 0.242 e. The van der Waals surface area contributed by atoms with Crippen molar-refractivity contribution in [2.75, 3.05) is 0 Å². The van der Waals surface area contributed by atoms with Gasteiger partial charge in [0.1, 0.15) is 0 Å². The lowest BCUT2D eigenvalue weighted by Gasteiger charge is -2.04. The molecule has 9 heteroatoms. The highest BCUT2D eigenvalue weighted by atomic mass is 32.2. The molecular formula is C8H10N4O3S2. The van der Waals surface area contributed by atoms with E-state index >= 15 is 0 Å². The number of aromatic nitrogens is 2. The van der Waals surface area contributed by atoms with E-state index in [0.717, 1.165) is 6.39 Å². The van der Waals surface area contributed by atoms with Gasteiger partial charge in [-0.25, -0.2) is 13.1 Å². The summed E-state index contributed by atoms with van der Waals surface area (Å²) in [6, 6.07) is 1.52. The fraction of sp³-hybridized carbons (Fsp3) is 0.250. The van der Waals surface area contributed by atoms with E-state index in [0.29, 0.717) is 4.88 Å². The number of sulfonamides is 1. The molecule has 0 spiro atoms. The van der Waals surface area contributed by atoms with E-state index in [1.165, 1.54) is 17.4 Å². The minimum Gasteiger partial charge on any atom is -0.343 e. The third-order valence-electron chi connectivity index (χ3n) is 2.01. The minimum atomic E-state index is -3.58. The second kappa shape index (κ2) is 4.92. The highest BCUT2D eigenvalue weighted by Gasteiger charge is 2.19. The van der Waals surface area contributed by atoms with Crippen LogP contribution >= 0.6 is 11.3 Å². The fourth-order valence-electron chi connectivity index (χ4n) is 1.22. The fourth-order valence-corrected chi connectivity index (χ4v) is 3.54. The summed E-state index contributed by atoms with van der Waals surface area (Å²) in [5, 5.41) is 5.19. The van der Waals surface area contributed by atoms with Gasteiger partial charge in [-0.15, -0.1) is 11.3 Å². The average Bonchev–Trinajstić information content (AvgIpc) is 2.97. The van der Waals surface area contributed by atoms with Crippen molar-refractivity contribution < 1.29 is 12.9 Å². The molecule has 17 heavy (non-hydrogen) atoms. The van der Waals surface area contributed by atoms with Gasteiger partial charge in [0.2, 0.25) is 16.4 Å². The normalized spacial score (nSPS) is 11.8. The Balaban J connectivity index is 2.14. The van der Waals surface area contributed by atoms with Gasteiger partial charge >= 0.3 is 0 Å². The maximum atomic E-state index is 11.9. The zero-order chi connectivity index (χ0) is 12.3. The van der Waals surface area contributed by atoms with Gasteiger partial charge in [0, 0.05) is 11.4 Å². The Labute approximate surface area is 102 Å². The van der Waals surface area contributed by atoms with Gasteiger partial charge in [-0.05, 0) is 11.4 Å². The zero-order valence-electron chi connectivity index (χ0n) is 8.66. The van der Waals surface area contributed by atoms with Crippen LogP contribution in [0.3, 0.4) is 0 Å². The molecule has 2 aromatic heterocycles. The number of nitrogens with zero attached hydrogens (tertiary/aromatic N) is 2. The first-order valence-electron chi connectivity index (χ1n) is 4.65. The van der Waals surface area contributed by atoms with Crippen molar-refractivity contribution in [2.45, 2.75) is 18.0 Å². The lowest BCUT2D eigenvalue weighted by molar-refractivity contribution is 0.409. The lowest BCUT2D eigenvalue weighted by atomic mass is 10.5. The number of rotatable bonds is 5. The quantitative estimate of drug-likeness (QED) is 0.798. The number of nitrogens with two attached hydrogens (primary N) is 1. The predicted molar refractivity (Wildman–Crippen MR) is 60.5 cm³/mol. The standard InChI is InChI=1S/C8H10N4O3S2/c9-3-6-7(1-2-16-6)17(13,14)11-4-8-10-5-15-12-8/h1-2,5,11H,3-4,9H2. The van der Waals surface area contributed by atoms with Crippen LogP contribution in [0, 0.1) is 0 Å². The average molecular weight is 274 g/mol. The van der Waals surface area contributed by atoms with Gasteiger partial charge in [-0.1, -0.05) is 5.16 Å². The summed E-state index contributed by atoms with van der Waals surface area (Å²) < 4.78 is 30.7. The predicted octanol–water partition coefficient (Wildman–Crippen LogP) is 0.0683. The first kappa shape index (κ1) is 12.2. The summed E-state index contributed by atoms with van der Waals surface area (Å²) >= 11 is 1.31. The number of hydrogen-bond acceptors (Lipinski definition) is 7. The Morgan fingerprint density at radius 1 is 1.53 bits per heavy atom. The second-order valence-electron chi connectivity index (χ2n) is 3.08. The van der Waals surface area contributed by atoms with Crippen molar-refractivity contribution in [3.05, 3.63) is 28.5 Å². The summed E-state index contributed by atoms with van der Waals surface area (Å²) in [6.07, 6.45) is 1.14. The van der Waals surface area contributed by atoms with Crippen LogP contribution in [0.15, 0.2) is 27.3 Å². The van der Waals surface area contributed by atoms with Crippen molar-refractivity contribution in [1.82, 2.24) is 14.9 Å². The molecule has 0 atom stereocenters. The highest BCUT2D eigenvalue weighted by molar-refractivity contribution is 7.89. The Morgan fingerprint density at radius 3 is 3.00 bits per heavy atom. The molecule has 0 saturated carbocycles. The third kappa shape index (κ3) is 2.69. The maximum absolute atomic E-state index is 11.9. The molecule has 0 saturated heterocycles. The van der Waals surface area contributed by atoms with Gasteiger partial charge in [0.15, 0.2) is 5.82 Å². The molecule has 0 aliphatic heterocycles. The van der Waals surface area contributed by atoms with Crippen LogP contribution in [0.2, 0.25) is 0 Å². The minimum absolute atomic E-state index is 0.0152. The van der Waals surface area contributed by atoms with Crippen molar-refractivity contribution >= 4 is 21.4 Å². The number of nitrogens with one attached hydrogen (secondary N) is 1. The van der Waals surface area contributed by atoms with Crippen LogP contribution in [-0.2, 0) is 23.1 Å². The lowest BCUT2D eigenvalue weighted by Crippen LogP contribution is -2.24. The summed E-state index contributed by atoms with van der Waals surface area (Å²) in [6.45, 7) is 0.175. The SMILES string of the molecule is NCc1sccc1S(=O)(=O)NCc1ncon1. The maximum Gasteiger partial charge on any atom is 0.242 e. The van der Waals surface area contributed by atoms with Crippen LogP contribution < -0.4 is 10.5 Å². The molecule has 2 rings (SSSR count). The highest BCUT2D eigenvalue weighted by Crippen LogP contribution is 2.21. The summed E-state index contributed by atoms with van der Waals surface area (Å²) in [5.74, 6) is 0.276. The Morgan fingerprint density at radius 2 is 2.35 bits per heavy atom. The molecule has 92 valence electrons. The van der Waals surface area contributed by atoms with E-state index in [2.05, 4.69) is 19.4 Å². The molecule has 7 nitrogen and oxygen atoms in total. The Kier molecular flexibility index (Phi) is 3.52. The zero-order valence-corrected chi connectivity index (χ0v) is 10.3. The first-order chi connectivity index (χ1) is 8.13. The summed E-state index contributed by atoms with van der Waals surface area (Å²) in [7, 11) is -3.58. The molecule has 0 aliphatic rings. The van der Waals surface area contributed by atoms with Crippen molar-refractivity contribution in [3.8, 4) is 0 Å². The van der Waals surface area contributed by atoms with Crippen LogP contribution in [0.4, 0.5) is 0 Å². The van der Waals surface area contributed by atoms with E-state index in [4.69, 9.17) is 5.73 Å². The Hall–Kier alpha value is -1.29. The molecule has 0 aromatic carbocycles. The van der Waals surface area contributed by atoms with Crippen LogP contribution in [0.1, 0.15) is 10.7 Å². The number of thiophene rings is 1. The summed E-state index contributed by atoms with van der Waals surface area (Å²) in [4.78, 5) is 4.54. The van der Waals surface area contributed by atoms with E-state index < -0.39 is 10.0 Å². The molecular weight excluding hydrogens is 264 g/mol. The molecule has 2 heterocycles. The molecule has 0 aliphatic carbocycles. The molecule has 2 aromatic rings. The van der Waals surface area contributed by atoms with Gasteiger partial charge in [-0.2, -0.15) is 4.98 Å². The van der Waals surface area contributed by atoms with Gasteiger partial charge in [0.05, 0.1) is 11.4 Å². The van der Waals surface area contributed by atoms with Crippen LogP contribution in [0.25, 0.3) is 0 Å².